The number of likely N-dealkylation sites (tertiary alicyclic amines) is 1. The number of aromatic amines is 1. The fourth-order valence-corrected chi connectivity index (χ4v) is 9.95. The number of piperidine rings is 3. The van der Waals surface area contributed by atoms with Gasteiger partial charge in [0.2, 0.25) is 23.5 Å². The maximum Gasteiger partial charge on any atom is 0.301 e. The molecule has 7 heterocycles. The summed E-state index contributed by atoms with van der Waals surface area (Å²) in [5, 5.41) is 13.8. The van der Waals surface area contributed by atoms with Crippen molar-refractivity contribution >= 4 is 68.4 Å². The topological polar surface area (TPSA) is 162 Å². The SMILES string of the molecule is Cn1nc(C2CCC(=O)NC2=O)c2ccc(C3CCN(CC4CCN(c5ncc(Cl)c(Nc6cc7c8c(c(=O)[nH]c7cc6F)OCC(F)(F)[C@H](C6CC6)N8)n5)CC4)CC3)c(F)c21. The monoisotopic (exact) mass is 876 g/mol. The normalized spacial score (nSPS) is 22.6. The number of hydrogen-bond acceptors (Lipinski definition) is 11. The van der Waals surface area contributed by atoms with Crippen molar-refractivity contribution in [3.63, 3.8) is 0 Å². The van der Waals surface area contributed by atoms with Gasteiger partial charge in [-0.25, -0.2) is 22.5 Å². The highest BCUT2D eigenvalue weighted by molar-refractivity contribution is 6.33. The van der Waals surface area contributed by atoms with E-state index in [1.165, 1.54) is 16.9 Å². The zero-order chi connectivity index (χ0) is 43.0. The number of aromatic nitrogens is 5. The molecule has 14 nitrogen and oxygen atoms in total. The highest BCUT2D eigenvalue weighted by Gasteiger charge is 2.51. The molecule has 5 aromatic rings. The Hall–Kier alpha value is -5.49. The predicted molar refractivity (Wildman–Crippen MR) is 225 cm³/mol. The van der Waals surface area contributed by atoms with Crippen molar-refractivity contribution in [2.24, 2.45) is 18.9 Å². The van der Waals surface area contributed by atoms with Crippen LogP contribution in [0.1, 0.15) is 74.5 Å². The number of carbonyl (C=O) groups is 2. The standard InChI is InChI=1S/C43H45ClF4N10O4/c1-56-36-25(34(55-56)26-6-7-32(59)52-40(26)60)5-4-24(33(36)46)22-10-12-57(13-11-22)19-21-8-14-58(15-9-21)42-49-18-28(44)39(54-42)50-31-16-27-30(17-29(31)45)51-41(61)37-35(27)53-38(23-2-3-23)43(47,48)20-62-37/h4-5,16-18,21-23,26,38,53H,2-3,6-15,19-20H2,1H3,(H,51,61)(H,49,50,54)(H,52,59,60)/t26?,38-/m0/s1. The quantitative estimate of drug-likeness (QED) is 0.0969. The fourth-order valence-electron chi connectivity index (χ4n) is 9.82. The first-order valence-corrected chi connectivity index (χ1v) is 21.6. The molecule has 19 heteroatoms. The number of carbonyl (C=O) groups excluding carboxylic acids is 2. The maximum absolute atomic E-state index is 16.2. The second kappa shape index (κ2) is 15.7. The Kier molecular flexibility index (Phi) is 10.3. The number of ether oxygens (including phenoxy) is 1. The number of H-pyrrole nitrogens is 1. The van der Waals surface area contributed by atoms with Gasteiger partial charge in [0, 0.05) is 49.9 Å². The molecule has 2 atom stereocenters. The Morgan fingerprint density at radius 1 is 0.984 bits per heavy atom. The molecule has 326 valence electrons. The molecule has 4 N–H and O–H groups in total. The van der Waals surface area contributed by atoms with E-state index in [2.05, 4.69) is 45.8 Å². The van der Waals surface area contributed by atoms with Crippen molar-refractivity contribution in [2.75, 3.05) is 54.9 Å². The van der Waals surface area contributed by atoms with Crippen LogP contribution in [0, 0.1) is 23.5 Å². The first-order chi connectivity index (χ1) is 29.8. The molecule has 0 bridgehead atoms. The van der Waals surface area contributed by atoms with Gasteiger partial charge >= 0.3 is 5.92 Å². The van der Waals surface area contributed by atoms with Gasteiger partial charge in [0.05, 0.1) is 40.7 Å². The average Bonchev–Trinajstić information content (AvgIpc) is 4.04. The Balaban J connectivity index is 0.773. The molecule has 1 unspecified atom stereocenters. The zero-order valence-electron chi connectivity index (χ0n) is 33.9. The molecular formula is C43H45ClF4N10O4. The molecule has 62 heavy (non-hydrogen) atoms. The van der Waals surface area contributed by atoms with Gasteiger partial charge in [-0.3, -0.25) is 24.4 Å². The number of benzene rings is 2. The van der Waals surface area contributed by atoms with Crippen molar-refractivity contribution in [1.29, 1.82) is 0 Å². The fraction of sp³-hybridized carbons (Fsp3) is 0.488. The number of aryl methyl sites for hydroxylation is 1. The van der Waals surface area contributed by atoms with Gasteiger partial charge in [-0.2, -0.15) is 10.1 Å². The number of hydrogen-bond donors (Lipinski definition) is 4. The number of amides is 2. The summed E-state index contributed by atoms with van der Waals surface area (Å²) >= 11 is 6.52. The van der Waals surface area contributed by atoms with E-state index in [1.807, 2.05) is 12.1 Å². The minimum atomic E-state index is -3.22. The van der Waals surface area contributed by atoms with Crippen molar-refractivity contribution in [3.05, 3.63) is 68.7 Å². The molecule has 3 aromatic heterocycles. The lowest BCUT2D eigenvalue weighted by Crippen LogP contribution is -2.44. The summed E-state index contributed by atoms with van der Waals surface area (Å²) < 4.78 is 68.7. The number of imide groups is 1. The summed E-state index contributed by atoms with van der Waals surface area (Å²) in [6.07, 6.45) is 6.71. The number of nitrogens with one attached hydrogen (secondary N) is 4. The summed E-state index contributed by atoms with van der Waals surface area (Å²) in [4.78, 5) is 53.4. The van der Waals surface area contributed by atoms with Gasteiger partial charge in [0.25, 0.3) is 5.56 Å². The van der Waals surface area contributed by atoms with E-state index in [1.54, 1.807) is 7.05 Å². The number of fused-ring (bicyclic) bond motifs is 4. The summed E-state index contributed by atoms with van der Waals surface area (Å²) in [6, 6.07) is 5.02. The van der Waals surface area contributed by atoms with Crippen LogP contribution in [0.25, 0.3) is 21.8 Å². The van der Waals surface area contributed by atoms with Gasteiger partial charge in [0.15, 0.2) is 18.2 Å². The number of pyridine rings is 1. The third kappa shape index (κ3) is 7.47. The van der Waals surface area contributed by atoms with Gasteiger partial charge in [0.1, 0.15) is 16.4 Å². The van der Waals surface area contributed by atoms with E-state index in [-0.39, 0.29) is 63.5 Å². The molecule has 3 saturated heterocycles. The molecule has 4 aliphatic heterocycles. The molecule has 2 amide bonds. The Morgan fingerprint density at radius 3 is 2.50 bits per heavy atom. The van der Waals surface area contributed by atoms with Crippen LogP contribution >= 0.6 is 11.6 Å². The number of nitrogens with zero attached hydrogens (tertiary/aromatic N) is 6. The average molecular weight is 877 g/mol. The van der Waals surface area contributed by atoms with Crippen molar-refractivity contribution in [2.45, 2.75) is 75.2 Å². The third-order valence-electron chi connectivity index (χ3n) is 13.3. The Morgan fingerprint density at radius 2 is 1.76 bits per heavy atom. The summed E-state index contributed by atoms with van der Waals surface area (Å²) in [7, 11) is 1.69. The van der Waals surface area contributed by atoms with E-state index in [4.69, 9.17) is 16.3 Å². The van der Waals surface area contributed by atoms with E-state index < -0.39 is 41.8 Å². The molecule has 10 rings (SSSR count). The zero-order valence-corrected chi connectivity index (χ0v) is 34.6. The first kappa shape index (κ1) is 40.6. The van der Waals surface area contributed by atoms with E-state index in [0.717, 1.165) is 51.4 Å². The highest BCUT2D eigenvalue weighted by atomic mass is 35.5. The third-order valence-corrected chi connectivity index (χ3v) is 13.6. The van der Waals surface area contributed by atoms with Crippen LogP contribution in [0.4, 0.5) is 40.7 Å². The van der Waals surface area contributed by atoms with Crippen molar-refractivity contribution < 1.29 is 31.9 Å². The number of halogens is 5. The van der Waals surface area contributed by atoms with Crippen molar-refractivity contribution in [1.82, 2.24) is 34.9 Å². The largest absolute Gasteiger partial charge is 0.480 e. The number of alkyl halides is 2. The van der Waals surface area contributed by atoms with E-state index >= 15 is 17.6 Å². The lowest BCUT2D eigenvalue weighted by atomic mass is 9.86. The first-order valence-electron chi connectivity index (χ1n) is 21.2. The molecule has 0 radical (unpaired) electrons. The molecular weight excluding hydrogens is 832 g/mol. The van der Waals surface area contributed by atoms with Crippen LogP contribution < -0.4 is 31.1 Å². The van der Waals surface area contributed by atoms with Gasteiger partial charge in [-0.15, -0.1) is 0 Å². The second-order valence-corrected chi connectivity index (χ2v) is 17.8. The van der Waals surface area contributed by atoms with Crippen LogP contribution in [0.15, 0.2) is 35.3 Å². The van der Waals surface area contributed by atoms with Gasteiger partial charge in [-0.1, -0.05) is 23.7 Å². The van der Waals surface area contributed by atoms with Gasteiger partial charge < -0.3 is 30.2 Å². The number of anilines is 4. The number of rotatable bonds is 8. The minimum Gasteiger partial charge on any atom is -0.480 e. The molecule has 1 aliphatic carbocycles. The summed E-state index contributed by atoms with van der Waals surface area (Å²) in [5.74, 6) is -4.99. The predicted octanol–water partition coefficient (Wildman–Crippen LogP) is 6.71. The Labute approximate surface area is 357 Å². The van der Waals surface area contributed by atoms with Crippen LogP contribution in [-0.4, -0.2) is 92.7 Å². The van der Waals surface area contributed by atoms with Crippen LogP contribution in [0.2, 0.25) is 5.02 Å². The maximum atomic E-state index is 16.2. The Bertz CT molecular complexity index is 2670. The van der Waals surface area contributed by atoms with Crippen molar-refractivity contribution in [3.8, 4) is 5.75 Å². The molecule has 4 fully saturated rings. The highest BCUT2D eigenvalue weighted by Crippen LogP contribution is 2.46. The molecule has 2 aromatic carbocycles. The second-order valence-electron chi connectivity index (χ2n) is 17.4. The van der Waals surface area contributed by atoms with E-state index in [9.17, 15) is 14.4 Å². The lowest BCUT2D eigenvalue weighted by Gasteiger charge is -2.38. The van der Waals surface area contributed by atoms with Gasteiger partial charge in [-0.05, 0) is 87.4 Å². The molecule has 1 saturated carbocycles. The van der Waals surface area contributed by atoms with Crippen LogP contribution in [-0.2, 0) is 16.6 Å². The summed E-state index contributed by atoms with van der Waals surface area (Å²) in [5.41, 5.74) is 0.983. The van der Waals surface area contributed by atoms with E-state index in [0.29, 0.717) is 71.8 Å². The smallest absolute Gasteiger partial charge is 0.301 e. The minimum absolute atomic E-state index is 0.0271. The van der Waals surface area contributed by atoms with Crippen LogP contribution in [0.5, 0.6) is 5.75 Å². The molecule has 5 aliphatic rings. The van der Waals surface area contributed by atoms with Crippen LogP contribution in [0.3, 0.4) is 0 Å². The summed E-state index contributed by atoms with van der Waals surface area (Å²) in [6.45, 7) is 3.04. The lowest BCUT2D eigenvalue weighted by molar-refractivity contribution is -0.134. The molecule has 0 spiro atoms.